The average molecular weight is 394 g/mol. The Kier molecular flexibility index (Phi) is 6.48. The lowest BCUT2D eigenvalue weighted by Gasteiger charge is -2.30. The largest absolute Gasteiger partial charge is 0.381 e. The Labute approximate surface area is 160 Å². The second kappa shape index (κ2) is 8.46. The average Bonchev–Trinajstić information content (AvgIpc) is 3.43. The fourth-order valence-corrected chi connectivity index (χ4v) is 2.57. The van der Waals surface area contributed by atoms with Crippen LogP contribution in [-0.4, -0.2) is 46.0 Å². The van der Waals surface area contributed by atoms with Gasteiger partial charge in [-0.25, -0.2) is 14.3 Å². The van der Waals surface area contributed by atoms with E-state index in [1.165, 1.54) is 31.2 Å². The van der Waals surface area contributed by atoms with E-state index >= 15 is 0 Å². The van der Waals surface area contributed by atoms with Crippen LogP contribution in [-0.2, 0) is 9.59 Å². The summed E-state index contributed by atoms with van der Waals surface area (Å²) in [5, 5.41) is 20.5. The molecule has 1 aromatic carbocycles. The summed E-state index contributed by atoms with van der Waals surface area (Å²) in [6, 6.07) is 3.72. The van der Waals surface area contributed by atoms with Crippen molar-refractivity contribution < 1.29 is 33.5 Å². The maximum absolute atomic E-state index is 13.0. The minimum atomic E-state index is -3.35. The Morgan fingerprint density at radius 2 is 1.86 bits per heavy atom. The van der Waals surface area contributed by atoms with Gasteiger partial charge in [-0.1, -0.05) is 11.8 Å². The molecule has 1 saturated carbocycles. The zero-order valence-electron chi connectivity index (χ0n) is 15.2. The summed E-state index contributed by atoms with van der Waals surface area (Å²) >= 11 is 0. The zero-order chi connectivity index (χ0) is 21.1. The van der Waals surface area contributed by atoms with Gasteiger partial charge in [0.05, 0.1) is 0 Å². The van der Waals surface area contributed by atoms with Crippen LogP contribution in [0.2, 0.25) is 0 Å². The van der Waals surface area contributed by atoms with Crippen molar-refractivity contribution in [3.63, 3.8) is 0 Å². The molecule has 1 aliphatic carbocycles. The van der Waals surface area contributed by atoms with E-state index in [0.29, 0.717) is 12.5 Å². The summed E-state index contributed by atoms with van der Waals surface area (Å²) in [7, 11) is 0. The van der Waals surface area contributed by atoms with E-state index in [1.807, 2.05) is 5.32 Å². The number of alkyl halides is 2. The highest BCUT2D eigenvalue weighted by Gasteiger charge is 2.46. The van der Waals surface area contributed by atoms with Crippen molar-refractivity contribution in [2.45, 2.75) is 38.3 Å². The molecule has 4 unspecified atom stereocenters. The van der Waals surface area contributed by atoms with Gasteiger partial charge in [0, 0.05) is 23.0 Å². The molecule has 4 atom stereocenters. The van der Waals surface area contributed by atoms with E-state index in [1.54, 1.807) is 0 Å². The smallest absolute Gasteiger partial charge is 0.269 e. The van der Waals surface area contributed by atoms with Crippen LogP contribution in [0.25, 0.3) is 0 Å². The standard InChI is InChI=1S/C19H20F2N2O5/c1-10(24)14-9-13(14)8-5-11-3-6-12(7-4-11)16(25)22-15(17(26)23-28)19(2,27)18(20)21/h3-4,6-7,13-15,18,27-28H,9H2,1-2H3,(H,22,25)(H,23,26). The molecular weight excluding hydrogens is 374 g/mol. The van der Waals surface area contributed by atoms with Gasteiger partial charge < -0.3 is 10.4 Å². The number of halogens is 2. The first-order valence-electron chi connectivity index (χ1n) is 8.45. The number of Topliss-reactive ketones (excluding diaryl/α,β-unsaturated/α-hetero) is 1. The number of benzene rings is 1. The van der Waals surface area contributed by atoms with Crippen molar-refractivity contribution >= 4 is 17.6 Å². The topological polar surface area (TPSA) is 116 Å². The fourth-order valence-electron chi connectivity index (χ4n) is 2.57. The fraction of sp³-hybridized carbons (Fsp3) is 0.421. The van der Waals surface area contributed by atoms with E-state index in [4.69, 9.17) is 5.21 Å². The van der Waals surface area contributed by atoms with E-state index in [0.717, 1.165) is 11.9 Å². The Hall–Kier alpha value is -2.83. The Bertz CT molecular complexity index is 827. The monoisotopic (exact) mass is 394 g/mol. The van der Waals surface area contributed by atoms with Gasteiger partial charge in [0.25, 0.3) is 18.2 Å². The number of hydroxylamine groups is 1. The number of ketones is 1. The molecule has 1 aliphatic rings. The highest BCUT2D eigenvalue weighted by atomic mass is 19.3. The molecule has 9 heteroatoms. The number of aliphatic hydroxyl groups is 1. The van der Waals surface area contributed by atoms with Crippen molar-refractivity contribution in [1.82, 2.24) is 10.8 Å². The summed E-state index contributed by atoms with van der Waals surface area (Å²) in [5.41, 5.74) is -1.12. The van der Waals surface area contributed by atoms with Crippen molar-refractivity contribution in [2.75, 3.05) is 0 Å². The molecule has 2 amide bonds. The molecule has 7 nitrogen and oxygen atoms in total. The first-order valence-corrected chi connectivity index (χ1v) is 8.45. The first-order chi connectivity index (χ1) is 13.1. The SMILES string of the molecule is CC(=O)C1CC1C#Cc1ccc(C(=O)NC(C(=O)NO)C(C)(O)C(F)F)cc1. The van der Waals surface area contributed by atoms with Gasteiger partial charge >= 0.3 is 0 Å². The van der Waals surface area contributed by atoms with Crippen molar-refractivity contribution in [3.8, 4) is 11.8 Å². The van der Waals surface area contributed by atoms with Gasteiger partial charge in [-0.3, -0.25) is 19.6 Å². The minimum absolute atomic E-state index is 0.0187. The molecule has 0 aromatic heterocycles. The third-order valence-corrected chi connectivity index (χ3v) is 4.54. The summed E-state index contributed by atoms with van der Waals surface area (Å²) in [5.74, 6) is 3.71. The Morgan fingerprint density at radius 1 is 1.25 bits per heavy atom. The van der Waals surface area contributed by atoms with E-state index < -0.39 is 29.9 Å². The Morgan fingerprint density at radius 3 is 2.32 bits per heavy atom. The van der Waals surface area contributed by atoms with Crippen molar-refractivity contribution in [1.29, 1.82) is 0 Å². The summed E-state index contributed by atoms with van der Waals surface area (Å²) in [4.78, 5) is 35.0. The number of nitrogens with one attached hydrogen (secondary N) is 2. The molecule has 0 radical (unpaired) electrons. The lowest BCUT2D eigenvalue weighted by atomic mass is 9.95. The number of carbonyl (C=O) groups excluding carboxylic acids is 3. The van der Waals surface area contributed by atoms with E-state index in [9.17, 15) is 28.3 Å². The molecule has 0 heterocycles. The van der Waals surface area contributed by atoms with Crippen LogP contribution in [0.5, 0.6) is 0 Å². The molecule has 150 valence electrons. The maximum atomic E-state index is 13.0. The van der Waals surface area contributed by atoms with Gasteiger partial charge in [0.1, 0.15) is 11.8 Å². The van der Waals surface area contributed by atoms with Crippen LogP contribution >= 0.6 is 0 Å². The number of rotatable bonds is 6. The van der Waals surface area contributed by atoms with Gasteiger partial charge in [-0.15, -0.1) is 0 Å². The van der Waals surface area contributed by atoms with Crippen LogP contribution < -0.4 is 10.8 Å². The molecule has 2 rings (SSSR count). The summed E-state index contributed by atoms with van der Waals surface area (Å²) < 4.78 is 26.0. The molecule has 0 spiro atoms. The highest BCUT2D eigenvalue weighted by Crippen LogP contribution is 2.38. The molecule has 1 aromatic rings. The lowest BCUT2D eigenvalue weighted by molar-refractivity contribution is -0.149. The van der Waals surface area contributed by atoms with Crippen LogP contribution in [0, 0.1) is 23.7 Å². The van der Waals surface area contributed by atoms with Crippen LogP contribution in [0.1, 0.15) is 36.2 Å². The molecule has 4 N–H and O–H groups in total. The van der Waals surface area contributed by atoms with Gasteiger partial charge in [-0.2, -0.15) is 0 Å². The zero-order valence-corrected chi connectivity index (χ0v) is 15.2. The molecular formula is C19H20F2N2O5. The quantitative estimate of drug-likeness (QED) is 0.325. The number of amides is 2. The summed E-state index contributed by atoms with van der Waals surface area (Å²) in [6.07, 6.45) is -2.62. The molecule has 0 saturated heterocycles. The Balaban J connectivity index is 2.08. The third kappa shape index (κ3) is 4.91. The van der Waals surface area contributed by atoms with Gasteiger partial charge in [0.2, 0.25) is 0 Å². The molecule has 28 heavy (non-hydrogen) atoms. The van der Waals surface area contributed by atoms with Crippen LogP contribution in [0.3, 0.4) is 0 Å². The maximum Gasteiger partial charge on any atom is 0.269 e. The summed E-state index contributed by atoms with van der Waals surface area (Å²) in [6.45, 7) is 2.19. The van der Waals surface area contributed by atoms with E-state index in [2.05, 4.69) is 11.8 Å². The molecule has 0 aliphatic heterocycles. The van der Waals surface area contributed by atoms with Crippen LogP contribution in [0.15, 0.2) is 24.3 Å². The molecule has 1 fully saturated rings. The van der Waals surface area contributed by atoms with Crippen LogP contribution in [0.4, 0.5) is 8.78 Å². The number of carbonyl (C=O) groups is 3. The normalized spacial score (nSPS) is 21.0. The van der Waals surface area contributed by atoms with Crippen molar-refractivity contribution in [2.24, 2.45) is 11.8 Å². The second-order valence-electron chi connectivity index (χ2n) is 6.82. The highest BCUT2D eigenvalue weighted by molar-refractivity contribution is 5.97. The third-order valence-electron chi connectivity index (χ3n) is 4.54. The predicted octanol–water partition coefficient (Wildman–Crippen LogP) is 0.883. The number of hydrogen-bond acceptors (Lipinski definition) is 5. The predicted molar refractivity (Wildman–Crippen MR) is 93.4 cm³/mol. The lowest BCUT2D eigenvalue weighted by Crippen LogP contribution is -2.61. The number of hydrogen-bond donors (Lipinski definition) is 4. The first kappa shape index (κ1) is 21.5. The molecule has 0 bridgehead atoms. The van der Waals surface area contributed by atoms with Crippen molar-refractivity contribution in [3.05, 3.63) is 35.4 Å². The second-order valence-corrected chi connectivity index (χ2v) is 6.82. The minimum Gasteiger partial charge on any atom is -0.381 e. The van der Waals surface area contributed by atoms with E-state index in [-0.39, 0.29) is 23.2 Å². The van der Waals surface area contributed by atoms with Gasteiger partial charge in [0.15, 0.2) is 5.60 Å². The van der Waals surface area contributed by atoms with Gasteiger partial charge in [-0.05, 0) is 44.5 Å².